The minimum atomic E-state index is -0.281. The van der Waals surface area contributed by atoms with Crippen LogP contribution in [-0.4, -0.2) is 23.3 Å². The highest BCUT2D eigenvalue weighted by atomic mass is 16.2. The van der Waals surface area contributed by atoms with Crippen molar-refractivity contribution in [2.45, 2.75) is 13.3 Å². The number of nitrogens with one attached hydrogen (secondary N) is 2. The van der Waals surface area contributed by atoms with Crippen molar-refractivity contribution in [2.24, 2.45) is 0 Å². The summed E-state index contributed by atoms with van der Waals surface area (Å²) in [6, 6.07) is 17.1. The number of amides is 2. The van der Waals surface area contributed by atoms with E-state index in [-0.39, 0.29) is 24.8 Å². The van der Waals surface area contributed by atoms with Crippen LogP contribution < -0.4 is 10.6 Å². The molecule has 0 saturated carbocycles. The molecule has 0 atom stereocenters. The Balaban J connectivity index is 1.57. The molecule has 1 heterocycles. The zero-order valence-corrected chi connectivity index (χ0v) is 14.0. The molecule has 5 nitrogen and oxygen atoms in total. The molecule has 0 fully saturated rings. The first-order chi connectivity index (χ1) is 12.1. The van der Waals surface area contributed by atoms with Gasteiger partial charge in [-0.1, -0.05) is 42.5 Å². The maximum Gasteiger partial charge on any atom is 0.243 e. The van der Waals surface area contributed by atoms with E-state index in [1.165, 1.54) is 0 Å². The Labute approximate surface area is 146 Å². The van der Waals surface area contributed by atoms with E-state index >= 15 is 0 Å². The van der Waals surface area contributed by atoms with Gasteiger partial charge in [-0.3, -0.25) is 14.6 Å². The minimum Gasteiger partial charge on any atom is -0.347 e. The number of aromatic nitrogens is 1. The van der Waals surface area contributed by atoms with Crippen LogP contribution in [0.25, 0.3) is 10.9 Å². The van der Waals surface area contributed by atoms with Crippen molar-refractivity contribution in [1.29, 1.82) is 0 Å². The van der Waals surface area contributed by atoms with Gasteiger partial charge in [0.05, 0.1) is 24.2 Å². The van der Waals surface area contributed by atoms with E-state index in [0.29, 0.717) is 5.69 Å². The van der Waals surface area contributed by atoms with Crippen molar-refractivity contribution in [1.82, 2.24) is 10.3 Å². The molecule has 2 aromatic carbocycles. The number of rotatable bonds is 5. The molecule has 0 aliphatic rings. The monoisotopic (exact) mass is 333 g/mol. The van der Waals surface area contributed by atoms with Crippen LogP contribution in [0.3, 0.4) is 0 Å². The molecular formula is C20H19N3O2. The van der Waals surface area contributed by atoms with Crippen molar-refractivity contribution in [2.75, 3.05) is 11.9 Å². The van der Waals surface area contributed by atoms with Crippen LogP contribution in [0, 0.1) is 6.92 Å². The standard InChI is InChI=1S/C20H19N3O2/c1-14-6-2-3-7-16(14)12-18(24)22-13-19(25)23-17-10-4-8-15-9-5-11-21-20(15)17/h2-11H,12-13H2,1H3,(H,22,24)(H,23,25). The largest absolute Gasteiger partial charge is 0.347 e. The maximum atomic E-state index is 12.1. The molecular weight excluding hydrogens is 314 g/mol. The Hall–Kier alpha value is -3.21. The van der Waals surface area contributed by atoms with Gasteiger partial charge in [0.2, 0.25) is 11.8 Å². The van der Waals surface area contributed by atoms with E-state index in [2.05, 4.69) is 15.6 Å². The molecule has 0 bridgehead atoms. The van der Waals surface area contributed by atoms with Crippen molar-refractivity contribution >= 4 is 28.4 Å². The molecule has 0 aliphatic heterocycles. The molecule has 1 aromatic heterocycles. The fourth-order valence-corrected chi connectivity index (χ4v) is 2.62. The third kappa shape index (κ3) is 4.20. The zero-order valence-electron chi connectivity index (χ0n) is 14.0. The van der Waals surface area contributed by atoms with E-state index in [4.69, 9.17) is 0 Å². The third-order valence-corrected chi connectivity index (χ3v) is 3.97. The minimum absolute atomic E-state index is 0.0755. The maximum absolute atomic E-state index is 12.1. The predicted molar refractivity (Wildman–Crippen MR) is 98.3 cm³/mol. The molecule has 25 heavy (non-hydrogen) atoms. The van der Waals surface area contributed by atoms with Crippen LogP contribution >= 0.6 is 0 Å². The van der Waals surface area contributed by atoms with E-state index in [1.54, 1.807) is 12.3 Å². The number of carbonyl (C=O) groups is 2. The lowest BCUT2D eigenvalue weighted by atomic mass is 10.1. The molecule has 5 heteroatoms. The van der Waals surface area contributed by atoms with Crippen LogP contribution in [0.4, 0.5) is 5.69 Å². The lowest BCUT2D eigenvalue weighted by Gasteiger charge is -2.09. The Morgan fingerprint density at radius 3 is 2.60 bits per heavy atom. The number of anilines is 1. The van der Waals surface area contributed by atoms with E-state index in [0.717, 1.165) is 22.0 Å². The lowest BCUT2D eigenvalue weighted by molar-refractivity contribution is -0.123. The average Bonchev–Trinajstić information content (AvgIpc) is 2.62. The molecule has 2 N–H and O–H groups in total. The molecule has 126 valence electrons. The molecule has 3 rings (SSSR count). The summed E-state index contributed by atoms with van der Waals surface area (Å²) in [5.74, 6) is -0.461. The van der Waals surface area contributed by atoms with Gasteiger partial charge in [0.15, 0.2) is 0 Å². The number of hydrogen-bond acceptors (Lipinski definition) is 3. The number of nitrogens with zero attached hydrogens (tertiary/aromatic N) is 1. The normalized spacial score (nSPS) is 10.4. The highest BCUT2D eigenvalue weighted by molar-refractivity contribution is 6.01. The summed E-state index contributed by atoms with van der Waals surface area (Å²) in [5.41, 5.74) is 3.38. The van der Waals surface area contributed by atoms with Crippen LogP contribution in [0.5, 0.6) is 0 Å². The quantitative estimate of drug-likeness (QED) is 0.754. The molecule has 0 saturated heterocycles. The summed E-state index contributed by atoms with van der Waals surface area (Å²) >= 11 is 0. The summed E-state index contributed by atoms with van der Waals surface area (Å²) in [6.07, 6.45) is 1.94. The summed E-state index contributed by atoms with van der Waals surface area (Å²) < 4.78 is 0. The summed E-state index contributed by atoms with van der Waals surface area (Å²) in [6.45, 7) is 1.89. The number of benzene rings is 2. The first kappa shape index (κ1) is 16.6. The number of pyridine rings is 1. The number of para-hydroxylation sites is 1. The highest BCUT2D eigenvalue weighted by Gasteiger charge is 2.10. The van der Waals surface area contributed by atoms with Crippen LogP contribution in [0.2, 0.25) is 0 Å². The number of carbonyl (C=O) groups excluding carboxylic acids is 2. The van der Waals surface area contributed by atoms with E-state index < -0.39 is 0 Å². The second-order valence-electron chi connectivity index (χ2n) is 5.81. The summed E-state index contributed by atoms with van der Waals surface area (Å²) in [5, 5.41) is 6.40. The van der Waals surface area contributed by atoms with Crippen LogP contribution in [0.1, 0.15) is 11.1 Å². The Morgan fingerprint density at radius 2 is 1.76 bits per heavy atom. The number of fused-ring (bicyclic) bond motifs is 1. The molecule has 2 amide bonds. The Kier molecular flexibility index (Phi) is 5.04. The molecule has 0 radical (unpaired) electrons. The first-order valence-electron chi connectivity index (χ1n) is 8.08. The fraction of sp³-hybridized carbons (Fsp3) is 0.150. The summed E-state index contributed by atoms with van der Waals surface area (Å²) in [4.78, 5) is 28.4. The Bertz CT molecular complexity index is 916. The van der Waals surface area contributed by atoms with Crippen LogP contribution in [-0.2, 0) is 16.0 Å². The van der Waals surface area contributed by atoms with Gasteiger partial charge < -0.3 is 10.6 Å². The van der Waals surface area contributed by atoms with E-state index in [9.17, 15) is 9.59 Å². The van der Waals surface area contributed by atoms with Crippen molar-refractivity contribution in [3.8, 4) is 0 Å². The Morgan fingerprint density at radius 1 is 0.960 bits per heavy atom. The second-order valence-corrected chi connectivity index (χ2v) is 5.81. The van der Waals surface area contributed by atoms with Gasteiger partial charge in [-0.15, -0.1) is 0 Å². The zero-order chi connectivity index (χ0) is 17.6. The van der Waals surface area contributed by atoms with Crippen molar-refractivity contribution in [3.63, 3.8) is 0 Å². The molecule has 0 unspecified atom stereocenters. The van der Waals surface area contributed by atoms with Gasteiger partial charge in [-0.2, -0.15) is 0 Å². The predicted octanol–water partition coefficient (Wildman–Crippen LogP) is 2.84. The second kappa shape index (κ2) is 7.57. The lowest BCUT2D eigenvalue weighted by Crippen LogP contribution is -2.33. The topological polar surface area (TPSA) is 71.1 Å². The van der Waals surface area contributed by atoms with Crippen LogP contribution in [0.15, 0.2) is 60.8 Å². The number of aryl methyl sites for hydroxylation is 1. The fourth-order valence-electron chi connectivity index (χ4n) is 2.62. The summed E-state index contributed by atoms with van der Waals surface area (Å²) in [7, 11) is 0. The third-order valence-electron chi connectivity index (χ3n) is 3.97. The van der Waals surface area contributed by atoms with Gasteiger partial charge in [-0.05, 0) is 30.2 Å². The van der Waals surface area contributed by atoms with Gasteiger partial charge >= 0.3 is 0 Å². The smallest absolute Gasteiger partial charge is 0.243 e. The number of hydrogen-bond donors (Lipinski definition) is 2. The van der Waals surface area contributed by atoms with E-state index in [1.807, 2.05) is 55.5 Å². The average molecular weight is 333 g/mol. The van der Waals surface area contributed by atoms with Gasteiger partial charge in [-0.25, -0.2) is 0 Å². The molecule has 3 aromatic rings. The van der Waals surface area contributed by atoms with Gasteiger partial charge in [0.25, 0.3) is 0 Å². The van der Waals surface area contributed by atoms with Crippen molar-refractivity contribution in [3.05, 3.63) is 71.9 Å². The van der Waals surface area contributed by atoms with Gasteiger partial charge in [0, 0.05) is 11.6 Å². The molecule has 0 spiro atoms. The SMILES string of the molecule is Cc1ccccc1CC(=O)NCC(=O)Nc1cccc2cccnc12. The first-order valence-corrected chi connectivity index (χ1v) is 8.08. The highest BCUT2D eigenvalue weighted by Crippen LogP contribution is 2.20. The van der Waals surface area contributed by atoms with Crippen molar-refractivity contribution < 1.29 is 9.59 Å². The van der Waals surface area contributed by atoms with Gasteiger partial charge in [0.1, 0.15) is 0 Å². The molecule has 0 aliphatic carbocycles.